The highest BCUT2D eigenvalue weighted by Crippen LogP contribution is 2.28. The number of sulfonamides is 1. The van der Waals surface area contributed by atoms with Gasteiger partial charge in [0.25, 0.3) is 10.0 Å². The summed E-state index contributed by atoms with van der Waals surface area (Å²) in [5, 5.41) is 3.93. The number of carbonyl (C=O) groups excluding carboxylic acids is 2. The van der Waals surface area contributed by atoms with Gasteiger partial charge < -0.3 is 10.2 Å². The van der Waals surface area contributed by atoms with Gasteiger partial charge in [-0.25, -0.2) is 8.42 Å². The lowest BCUT2D eigenvalue weighted by Crippen LogP contribution is -2.55. The molecule has 0 unspecified atom stereocenters. The third-order valence-corrected chi connectivity index (χ3v) is 10.7. The monoisotopic (exact) mass is 691 g/mol. The normalized spacial score (nSPS) is 14.3. The number of halogens is 2. The molecule has 0 heterocycles. The zero-order chi connectivity index (χ0) is 33.4. The number of amides is 2. The summed E-state index contributed by atoms with van der Waals surface area (Å²) in [5.74, 6) is -0.777. The standard InChI is InChI=1S/C37H39Cl2N3O4S/c1-27-10-8-13-29(22-27)25-41(35(23-28-11-4-2-5-12-28)37(44)40-32-15-6-3-7-16-32)36(43)26-42(33-17-9-14-31(39)24-33)47(45,46)34-20-18-30(38)19-21-34/h2,4-5,8-14,17-22,24,32,35H,3,6-7,15-16,23,25-26H2,1H3,(H,40,44)/t35-/m0/s1. The molecule has 1 saturated carbocycles. The molecule has 7 nitrogen and oxygen atoms in total. The molecule has 47 heavy (non-hydrogen) atoms. The lowest BCUT2D eigenvalue weighted by Gasteiger charge is -2.35. The first-order valence-corrected chi connectivity index (χ1v) is 18.0. The molecule has 10 heteroatoms. The van der Waals surface area contributed by atoms with E-state index < -0.39 is 28.5 Å². The van der Waals surface area contributed by atoms with Crippen LogP contribution in [0.5, 0.6) is 0 Å². The SMILES string of the molecule is Cc1cccc(CN(C(=O)CN(c2cccc(Cl)c2)S(=O)(=O)c2ccc(Cl)cc2)[C@@H](Cc2ccccc2)C(=O)NC2CCCCC2)c1. The van der Waals surface area contributed by atoms with E-state index in [1.807, 2.05) is 61.5 Å². The van der Waals surface area contributed by atoms with Gasteiger partial charge in [0.1, 0.15) is 12.6 Å². The molecule has 0 bridgehead atoms. The van der Waals surface area contributed by atoms with E-state index in [0.29, 0.717) is 10.0 Å². The van der Waals surface area contributed by atoms with Crippen molar-refractivity contribution < 1.29 is 18.0 Å². The number of anilines is 1. The number of nitrogens with zero attached hydrogens (tertiary/aromatic N) is 2. The topological polar surface area (TPSA) is 86.8 Å². The molecule has 1 fully saturated rings. The van der Waals surface area contributed by atoms with Gasteiger partial charge >= 0.3 is 0 Å². The third kappa shape index (κ3) is 9.15. The second kappa shape index (κ2) is 15.8. The van der Waals surface area contributed by atoms with E-state index in [1.165, 1.54) is 35.2 Å². The van der Waals surface area contributed by atoms with E-state index in [1.54, 1.807) is 18.2 Å². The van der Waals surface area contributed by atoms with Crippen LogP contribution in [-0.4, -0.2) is 43.8 Å². The third-order valence-electron chi connectivity index (χ3n) is 8.43. The van der Waals surface area contributed by atoms with Crippen LogP contribution in [0.15, 0.2) is 108 Å². The molecule has 5 rings (SSSR count). The predicted octanol–water partition coefficient (Wildman–Crippen LogP) is 7.59. The van der Waals surface area contributed by atoms with E-state index in [4.69, 9.17) is 23.2 Å². The molecular weight excluding hydrogens is 653 g/mol. The second-order valence-electron chi connectivity index (χ2n) is 12.0. The molecule has 2 amide bonds. The number of benzene rings is 4. The highest BCUT2D eigenvalue weighted by molar-refractivity contribution is 7.92. The quantitative estimate of drug-likeness (QED) is 0.166. The molecule has 4 aromatic carbocycles. The Bertz CT molecular complexity index is 1780. The summed E-state index contributed by atoms with van der Waals surface area (Å²) in [6.45, 7) is 1.52. The Labute approximate surface area is 287 Å². The molecule has 0 aliphatic heterocycles. The van der Waals surface area contributed by atoms with Crippen molar-refractivity contribution in [3.05, 3.63) is 130 Å². The Balaban J connectivity index is 1.56. The van der Waals surface area contributed by atoms with Crippen molar-refractivity contribution in [1.82, 2.24) is 10.2 Å². The molecule has 0 spiro atoms. The van der Waals surface area contributed by atoms with Gasteiger partial charge in [0.2, 0.25) is 11.8 Å². The van der Waals surface area contributed by atoms with Crippen molar-refractivity contribution in [2.24, 2.45) is 0 Å². The highest BCUT2D eigenvalue weighted by Gasteiger charge is 2.35. The van der Waals surface area contributed by atoms with Crippen molar-refractivity contribution in [3.63, 3.8) is 0 Å². The van der Waals surface area contributed by atoms with Crippen molar-refractivity contribution in [2.75, 3.05) is 10.8 Å². The Kier molecular flexibility index (Phi) is 11.6. The fraction of sp³-hybridized carbons (Fsp3) is 0.297. The lowest BCUT2D eigenvalue weighted by atomic mass is 9.94. The van der Waals surface area contributed by atoms with Crippen LogP contribution in [0.2, 0.25) is 10.0 Å². The van der Waals surface area contributed by atoms with Gasteiger partial charge in [0.05, 0.1) is 10.6 Å². The predicted molar refractivity (Wildman–Crippen MR) is 188 cm³/mol. The Morgan fingerprint density at radius 1 is 0.809 bits per heavy atom. The van der Waals surface area contributed by atoms with Crippen LogP contribution in [0.4, 0.5) is 5.69 Å². The van der Waals surface area contributed by atoms with Crippen LogP contribution in [-0.2, 0) is 32.6 Å². The van der Waals surface area contributed by atoms with Gasteiger partial charge in [0, 0.05) is 29.1 Å². The van der Waals surface area contributed by atoms with E-state index >= 15 is 0 Å². The molecule has 1 aliphatic rings. The van der Waals surface area contributed by atoms with Crippen molar-refractivity contribution in [2.45, 2.75) is 69.0 Å². The molecule has 1 N–H and O–H groups in total. The first kappa shape index (κ1) is 34.5. The minimum Gasteiger partial charge on any atom is -0.352 e. The fourth-order valence-corrected chi connectivity index (χ4v) is 7.72. The maximum atomic E-state index is 14.6. The Hall–Kier alpha value is -3.85. The minimum atomic E-state index is -4.26. The molecule has 246 valence electrons. The number of hydrogen-bond donors (Lipinski definition) is 1. The summed E-state index contributed by atoms with van der Waals surface area (Å²) in [7, 11) is -4.26. The van der Waals surface area contributed by atoms with Crippen molar-refractivity contribution in [1.29, 1.82) is 0 Å². The van der Waals surface area contributed by atoms with Gasteiger partial charge in [-0.05, 0) is 73.4 Å². The van der Waals surface area contributed by atoms with Gasteiger partial charge in [-0.1, -0.05) is 109 Å². The summed E-state index contributed by atoms with van der Waals surface area (Å²) >= 11 is 12.4. The van der Waals surface area contributed by atoms with E-state index in [0.717, 1.165) is 53.1 Å². The number of hydrogen-bond acceptors (Lipinski definition) is 4. The molecule has 4 aromatic rings. The van der Waals surface area contributed by atoms with Crippen LogP contribution >= 0.6 is 23.2 Å². The second-order valence-corrected chi connectivity index (χ2v) is 14.7. The summed E-state index contributed by atoms with van der Waals surface area (Å²) < 4.78 is 29.4. The summed E-state index contributed by atoms with van der Waals surface area (Å²) in [5.41, 5.74) is 2.95. The van der Waals surface area contributed by atoms with Crippen LogP contribution in [0.1, 0.15) is 48.8 Å². The van der Waals surface area contributed by atoms with E-state index in [2.05, 4.69) is 5.32 Å². The maximum Gasteiger partial charge on any atom is 0.264 e. The van der Waals surface area contributed by atoms with Crippen LogP contribution in [0.3, 0.4) is 0 Å². The molecule has 1 atom stereocenters. The van der Waals surface area contributed by atoms with Crippen LogP contribution in [0, 0.1) is 6.92 Å². The number of nitrogens with one attached hydrogen (secondary N) is 1. The fourth-order valence-electron chi connectivity index (χ4n) is 6.00. The van der Waals surface area contributed by atoms with Gasteiger partial charge in [-0.15, -0.1) is 0 Å². The van der Waals surface area contributed by atoms with Crippen LogP contribution in [0.25, 0.3) is 0 Å². The molecule has 0 radical (unpaired) electrons. The minimum absolute atomic E-state index is 0.0266. The Morgan fingerprint density at radius 2 is 1.49 bits per heavy atom. The Morgan fingerprint density at radius 3 is 2.17 bits per heavy atom. The van der Waals surface area contributed by atoms with Crippen molar-refractivity contribution in [3.8, 4) is 0 Å². The summed E-state index contributed by atoms with van der Waals surface area (Å²) in [6, 6.07) is 28.6. The molecule has 0 saturated heterocycles. The first-order chi connectivity index (χ1) is 22.6. The highest BCUT2D eigenvalue weighted by atomic mass is 35.5. The molecule has 0 aromatic heterocycles. The summed E-state index contributed by atoms with van der Waals surface area (Å²) in [4.78, 5) is 30.3. The lowest BCUT2D eigenvalue weighted by molar-refractivity contribution is -0.140. The van der Waals surface area contributed by atoms with Gasteiger partial charge in [0.15, 0.2) is 0 Å². The number of carbonyl (C=O) groups is 2. The smallest absolute Gasteiger partial charge is 0.264 e. The zero-order valence-electron chi connectivity index (χ0n) is 26.3. The zero-order valence-corrected chi connectivity index (χ0v) is 28.6. The van der Waals surface area contributed by atoms with Crippen LogP contribution < -0.4 is 9.62 Å². The average Bonchev–Trinajstić information content (AvgIpc) is 3.06. The van der Waals surface area contributed by atoms with E-state index in [-0.39, 0.29) is 35.5 Å². The number of aryl methyl sites for hydroxylation is 1. The summed E-state index contributed by atoms with van der Waals surface area (Å²) in [6.07, 6.45) is 5.25. The van der Waals surface area contributed by atoms with Crippen molar-refractivity contribution >= 4 is 50.7 Å². The first-order valence-electron chi connectivity index (χ1n) is 15.8. The number of rotatable bonds is 12. The largest absolute Gasteiger partial charge is 0.352 e. The molecule has 1 aliphatic carbocycles. The van der Waals surface area contributed by atoms with Gasteiger partial charge in [-0.3, -0.25) is 13.9 Å². The maximum absolute atomic E-state index is 14.6. The van der Waals surface area contributed by atoms with E-state index in [9.17, 15) is 18.0 Å². The van der Waals surface area contributed by atoms with Gasteiger partial charge in [-0.2, -0.15) is 0 Å². The average molecular weight is 693 g/mol. The molecular formula is C37H39Cl2N3O4S.